The highest BCUT2D eigenvalue weighted by Crippen LogP contribution is 2.33. The minimum atomic E-state index is 0.142. The Labute approximate surface area is 97.3 Å². The fourth-order valence-electron chi connectivity index (χ4n) is 2.62. The lowest BCUT2D eigenvalue weighted by Crippen LogP contribution is -2.50. The Morgan fingerprint density at radius 1 is 1.40 bits per heavy atom. The largest absolute Gasteiger partial charge is 0.374 e. The topological polar surface area (TPSA) is 18.5 Å². The number of fused-ring (bicyclic) bond motifs is 1. The van der Waals surface area contributed by atoms with Crippen molar-refractivity contribution in [1.82, 2.24) is 0 Å². The molecule has 88 valence electrons. The number of alkyl halides is 1. The number of hydrogen-bond donors (Lipinski definition) is 0. The lowest BCUT2D eigenvalue weighted by molar-refractivity contribution is -0.164. The lowest BCUT2D eigenvalue weighted by atomic mass is 9.92. The molecular weight excluding hydrogens is 212 g/mol. The molecule has 2 fully saturated rings. The molecule has 0 aliphatic carbocycles. The summed E-state index contributed by atoms with van der Waals surface area (Å²) < 4.78 is 11.8. The molecular formula is C12H21ClO2. The van der Waals surface area contributed by atoms with Crippen LogP contribution < -0.4 is 0 Å². The monoisotopic (exact) mass is 232 g/mol. The summed E-state index contributed by atoms with van der Waals surface area (Å²) in [6.07, 6.45) is 5.02. The minimum absolute atomic E-state index is 0.142. The Morgan fingerprint density at radius 3 is 2.93 bits per heavy atom. The predicted octanol–water partition coefficient (Wildman–Crippen LogP) is 2.98. The normalized spacial score (nSPS) is 41.6. The van der Waals surface area contributed by atoms with Gasteiger partial charge in [-0.1, -0.05) is 13.8 Å². The van der Waals surface area contributed by atoms with E-state index in [0.717, 1.165) is 32.3 Å². The van der Waals surface area contributed by atoms with Crippen molar-refractivity contribution in [3.8, 4) is 0 Å². The summed E-state index contributed by atoms with van der Waals surface area (Å²) in [4.78, 5) is 0. The van der Waals surface area contributed by atoms with Crippen LogP contribution in [0.5, 0.6) is 0 Å². The van der Waals surface area contributed by atoms with Gasteiger partial charge in [-0.3, -0.25) is 0 Å². The van der Waals surface area contributed by atoms with E-state index in [2.05, 4.69) is 13.8 Å². The maximum atomic E-state index is 6.36. The third-order valence-electron chi connectivity index (χ3n) is 3.26. The molecule has 0 unspecified atom stereocenters. The highest BCUT2D eigenvalue weighted by molar-refractivity contribution is 6.21. The first-order valence-corrected chi connectivity index (χ1v) is 6.51. The van der Waals surface area contributed by atoms with Crippen LogP contribution >= 0.6 is 11.6 Å². The average molecular weight is 233 g/mol. The second-order valence-electron chi connectivity index (χ2n) is 5.16. The van der Waals surface area contributed by atoms with Crippen molar-refractivity contribution in [2.45, 2.75) is 63.2 Å². The third kappa shape index (κ3) is 2.86. The van der Waals surface area contributed by atoms with Gasteiger partial charge in [-0.05, 0) is 31.6 Å². The maximum Gasteiger partial charge on any atom is 0.100 e. The van der Waals surface area contributed by atoms with Gasteiger partial charge in [-0.25, -0.2) is 0 Å². The number of ether oxygens (including phenoxy) is 2. The molecule has 2 saturated heterocycles. The van der Waals surface area contributed by atoms with E-state index in [4.69, 9.17) is 21.1 Å². The zero-order valence-electron chi connectivity index (χ0n) is 9.62. The summed E-state index contributed by atoms with van der Waals surface area (Å²) in [5.74, 6) is 0.680. The Balaban J connectivity index is 1.92. The Bertz CT molecular complexity index is 208. The van der Waals surface area contributed by atoms with Crippen LogP contribution in [0.4, 0.5) is 0 Å². The first-order valence-electron chi connectivity index (χ1n) is 6.08. The Hall–Kier alpha value is 0.210. The Morgan fingerprint density at radius 2 is 2.20 bits per heavy atom. The summed E-state index contributed by atoms with van der Waals surface area (Å²) >= 11 is 6.36. The van der Waals surface area contributed by atoms with Crippen molar-refractivity contribution >= 4 is 11.6 Å². The molecule has 2 aliphatic rings. The van der Waals surface area contributed by atoms with Gasteiger partial charge in [0.1, 0.15) is 6.10 Å². The van der Waals surface area contributed by atoms with Gasteiger partial charge in [-0.2, -0.15) is 0 Å². The molecule has 0 N–H and O–H groups in total. The van der Waals surface area contributed by atoms with Crippen LogP contribution in [0, 0.1) is 5.92 Å². The molecule has 0 spiro atoms. The molecule has 15 heavy (non-hydrogen) atoms. The highest BCUT2D eigenvalue weighted by Gasteiger charge is 2.39. The molecule has 2 rings (SSSR count). The SMILES string of the molecule is CC(C)C[C@@H]1C[C@H](Cl)[C@H]2OCCC[C@@H]2O1. The van der Waals surface area contributed by atoms with Gasteiger partial charge in [0.25, 0.3) is 0 Å². The molecule has 0 radical (unpaired) electrons. The summed E-state index contributed by atoms with van der Waals surface area (Å²) in [7, 11) is 0. The van der Waals surface area contributed by atoms with E-state index >= 15 is 0 Å². The second kappa shape index (κ2) is 5.03. The molecule has 0 aromatic heterocycles. The standard InChI is InChI=1S/C12H21ClO2/c1-8(2)6-9-7-10(13)12-11(15-9)4-3-5-14-12/h8-12H,3-7H2,1-2H3/t9-,10+,11+,12-/m1/s1. The van der Waals surface area contributed by atoms with Crippen LogP contribution in [-0.2, 0) is 9.47 Å². The van der Waals surface area contributed by atoms with Gasteiger partial charge in [-0.15, -0.1) is 11.6 Å². The van der Waals surface area contributed by atoms with Crippen LogP contribution in [0.2, 0.25) is 0 Å². The molecule has 2 nitrogen and oxygen atoms in total. The summed E-state index contributed by atoms with van der Waals surface area (Å²) in [6.45, 7) is 5.31. The van der Waals surface area contributed by atoms with Crippen LogP contribution in [0.1, 0.15) is 39.5 Å². The molecule has 2 heterocycles. The molecule has 0 aromatic carbocycles. The quantitative estimate of drug-likeness (QED) is 0.682. The van der Waals surface area contributed by atoms with E-state index in [1.54, 1.807) is 0 Å². The predicted molar refractivity (Wildman–Crippen MR) is 61.3 cm³/mol. The van der Waals surface area contributed by atoms with Crippen LogP contribution in [0.25, 0.3) is 0 Å². The fourth-order valence-corrected chi connectivity index (χ4v) is 3.06. The van der Waals surface area contributed by atoms with Crippen molar-refractivity contribution < 1.29 is 9.47 Å². The van der Waals surface area contributed by atoms with Crippen LogP contribution in [0.15, 0.2) is 0 Å². The first-order chi connectivity index (χ1) is 7.16. The van der Waals surface area contributed by atoms with Crippen molar-refractivity contribution in [2.24, 2.45) is 5.92 Å². The van der Waals surface area contributed by atoms with E-state index in [9.17, 15) is 0 Å². The van der Waals surface area contributed by atoms with Gasteiger partial charge in [0.2, 0.25) is 0 Å². The molecule has 2 aliphatic heterocycles. The van der Waals surface area contributed by atoms with Crippen LogP contribution in [-0.4, -0.2) is 30.3 Å². The molecule has 0 saturated carbocycles. The van der Waals surface area contributed by atoms with Gasteiger partial charge in [0.05, 0.1) is 17.6 Å². The van der Waals surface area contributed by atoms with Crippen molar-refractivity contribution in [3.63, 3.8) is 0 Å². The first kappa shape index (κ1) is 11.7. The molecule has 0 bridgehead atoms. The summed E-state index contributed by atoms with van der Waals surface area (Å²) in [6, 6.07) is 0. The zero-order chi connectivity index (χ0) is 10.8. The van der Waals surface area contributed by atoms with Gasteiger partial charge < -0.3 is 9.47 Å². The van der Waals surface area contributed by atoms with Crippen molar-refractivity contribution in [1.29, 1.82) is 0 Å². The van der Waals surface area contributed by atoms with Gasteiger partial charge in [0.15, 0.2) is 0 Å². The Kier molecular flexibility index (Phi) is 3.92. The molecule has 0 amide bonds. The van der Waals surface area contributed by atoms with E-state index in [1.165, 1.54) is 0 Å². The van der Waals surface area contributed by atoms with Crippen molar-refractivity contribution in [3.05, 3.63) is 0 Å². The summed E-state index contributed by atoms with van der Waals surface area (Å²) in [5.41, 5.74) is 0. The minimum Gasteiger partial charge on any atom is -0.374 e. The highest BCUT2D eigenvalue weighted by atomic mass is 35.5. The number of hydrogen-bond acceptors (Lipinski definition) is 2. The van der Waals surface area contributed by atoms with Crippen LogP contribution in [0.3, 0.4) is 0 Å². The fraction of sp³-hybridized carbons (Fsp3) is 1.00. The third-order valence-corrected chi connectivity index (χ3v) is 3.68. The van der Waals surface area contributed by atoms with E-state index in [0.29, 0.717) is 12.0 Å². The molecule has 0 aromatic rings. The second-order valence-corrected chi connectivity index (χ2v) is 5.72. The number of rotatable bonds is 2. The smallest absolute Gasteiger partial charge is 0.100 e. The van der Waals surface area contributed by atoms with Crippen molar-refractivity contribution in [2.75, 3.05) is 6.61 Å². The van der Waals surface area contributed by atoms with E-state index < -0.39 is 0 Å². The van der Waals surface area contributed by atoms with E-state index in [-0.39, 0.29) is 17.6 Å². The van der Waals surface area contributed by atoms with E-state index in [1.807, 2.05) is 0 Å². The number of halogens is 1. The lowest BCUT2D eigenvalue weighted by Gasteiger charge is -2.42. The average Bonchev–Trinajstić information content (AvgIpc) is 2.16. The zero-order valence-corrected chi connectivity index (χ0v) is 10.4. The van der Waals surface area contributed by atoms with Gasteiger partial charge in [0, 0.05) is 6.61 Å². The van der Waals surface area contributed by atoms with Gasteiger partial charge >= 0.3 is 0 Å². The maximum absolute atomic E-state index is 6.36. The summed E-state index contributed by atoms with van der Waals surface area (Å²) in [5, 5.41) is 0.146. The molecule has 4 atom stereocenters. The molecule has 3 heteroatoms.